The Hall–Kier alpha value is -1.13. The maximum atomic E-state index is 12.3. The van der Waals surface area contributed by atoms with Gasteiger partial charge in [-0.25, -0.2) is 0 Å². The number of fused-ring (bicyclic) bond motifs is 1. The summed E-state index contributed by atoms with van der Waals surface area (Å²) in [6.45, 7) is 0.674. The molecule has 0 saturated carbocycles. The number of ether oxygens (including phenoxy) is 1. The van der Waals surface area contributed by atoms with Crippen molar-refractivity contribution >= 4 is 33.0 Å². The third-order valence-corrected chi connectivity index (χ3v) is 4.44. The summed E-state index contributed by atoms with van der Waals surface area (Å²) >= 11 is 4.81. The van der Waals surface area contributed by atoms with Gasteiger partial charge in [0.15, 0.2) is 0 Å². The first-order valence-corrected chi connectivity index (χ1v) is 6.96. The summed E-state index contributed by atoms with van der Waals surface area (Å²) < 4.78 is 6.49. The average Bonchev–Trinajstić information content (AvgIpc) is 2.95. The van der Waals surface area contributed by atoms with Gasteiger partial charge in [-0.15, -0.1) is 11.3 Å². The molecule has 3 rings (SSSR count). The van der Waals surface area contributed by atoms with Crippen LogP contribution in [-0.4, -0.2) is 12.4 Å². The molecule has 0 unspecified atom stereocenters. The molecule has 1 aliphatic heterocycles. The van der Waals surface area contributed by atoms with Crippen molar-refractivity contribution in [3.8, 4) is 5.75 Å². The third-order valence-electron chi connectivity index (χ3n) is 2.75. The Balaban J connectivity index is 2.05. The Morgan fingerprint density at radius 2 is 2.29 bits per heavy atom. The fourth-order valence-corrected chi connectivity index (χ4v) is 3.34. The highest BCUT2D eigenvalue weighted by molar-refractivity contribution is 9.10. The third kappa shape index (κ3) is 1.91. The highest BCUT2D eigenvalue weighted by Crippen LogP contribution is 2.32. The number of ketones is 1. The molecule has 0 saturated heterocycles. The number of hydrogen-bond donors (Lipinski definition) is 0. The molecule has 0 radical (unpaired) electrons. The Kier molecular flexibility index (Phi) is 2.76. The largest absolute Gasteiger partial charge is 0.492 e. The lowest BCUT2D eigenvalue weighted by molar-refractivity contribution is 0.103. The number of carbonyl (C=O) groups excluding carboxylic acids is 1. The summed E-state index contributed by atoms with van der Waals surface area (Å²) in [6, 6.07) is 7.62. The Morgan fingerprint density at radius 3 is 3.06 bits per heavy atom. The lowest BCUT2D eigenvalue weighted by Gasteiger charge is -2.05. The van der Waals surface area contributed by atoms with Gasteiger partial charge in [0.2, 0.25) is 5.78 Å². The van der Waals surface area contributed by atoms with Crippen molar-refractivity contribution in [2.24, 2.45) is 0 Å². The number of thiophene rings is 1. The Morgan fingerprint density at radius 1 is 1.41 bits per heavy atom. The molecule has 0 N–H and O–H groups in total. The van der Waals surface area contributed by atoms with Crippen molar-refractivity contribution < 1.29 is 9.53 Å². The van der Waals surface area contributed by atoms with Gasteiger partial charge in [0, 0.05) is 16.3 Å². The predicted octanol–water partition coefficient (Wildman–Crippen LogP) is 3.68. The van der Waals surface area contributed by atoms with Gasteiger partial charge in [0.1, 0.15) is 5.75 Å². The van der Waals surface area contributed by atoms with Gasteiger partial charge in [0.25, 0.3) is 0 Å². The molecule has 2 nitrogen and oxygen atoms in total. The van der Waals surface area contributed by atoms with Crippen LogP contribution in [0.15, 0.2) is 34.1 Å². The second-order valence-corrected chi connectivity index (χ2v) is 5.68. The fourth-order valence-electron chi connectivity index (χ4n) is 1.96. The van der Waals surface area contributed by atoms with Gasteiger partial charge in [-0.3, -0.25) is 4.79 Å². The topological polar surface area (TPSA) is 26.3 Å². The smallest absolute Gasteiger partial charge is 0.206 e. The van der Waals surface area contributed by atoms with Crippen molar-refractivity contribution in [1.82, 2.24) is 0 Å². The molecule has 0 aliphatic carbocycles. The number of rotatable bonds is 2. The van der Waals surface area contributed by atoms with Crippen LogP contribution in [0.5, 0.6) is 5.75 Å². The van der Waals surface area contributed by atoms with Gasteiger partial charge in [-0.2, -0.15) is 0 Å². The molecule has 86 valence electrons. The zero-order valence-electron chi connectivity index (χ0n) is 8.90. The van der Waals surface area contributed by atoms with E-state index in [-0.39, 0.29) is 5.78 Å². The highest BCUT2D eigenvalue weighted by atomic mass is 79.9. The van der Waals surface area contributed by atoms with E-state index in [0.717, 1.165) is 27.1 Å². The van der Waals surface area contributed by atoms with Gasteiger partial charge < -0.3 is 4.74 Å². The van der Waals surface area contributed by atoms with E-state index in [4.69, 9.17) is 4.74 Å². The SMILES string of the molecule is O=C(c1cc(Br)cs1)c1cccc2c1OCC2. The average molecular weight is 309 g/mol. The Bertz CT molecular complexity index is 589. The molecule has 0 spiro atoms. The molecule has 0 amide bonds. The van der Waals surface area contributed by atoms with E-state index in [1.54, 1.807) is 0 Å². The molecule has 2 aromatic rings. The maximum Gasteiger partial charge on any atom is 0.206 e. The van der Waals surface area contributed by atoms with Crippen molar-refractivity contribution in [3.63, 3.8) is 0 Å². The van der Waals surface area contributed by atoms with Crippen LogP contribution in [0.3, 0.4) is 0 Å². The van der Waals surface area contributed by atoms with E-state index in [1.165, 1.54) is 11.3 Å². The number of halogens is 1. The van der Waals surface area contributed by atoms with Crippen LogP contribution in [0, 0.1) is 0 Å². The molecule has 0 atom stereocenters. The summed E-state index contributed by atoms with van der Waals surface area (Å²) in [6.07, 6.45) is 0.893. The normalized spacial score (nSPS) is 13.2. The predicted molar refractivity (Wildman–Crippen MR) is 71.1 cm³/mol. The van der Waals surface area contributed by atoms with Crippen LogP contribution < -0.4 is 4.74 Å². The molecule has 0 fully saturated rings. The van der Waals surface area contributed by atoms with Crippen LogP contribution in [0.4, 0.5) is 0 Å². The highest BCUT2D eigenvalue weighted by Gasteiger charge is 2.22. The minimum atomic E-state index is 0.0412. The van der Waals surface area contributed by atoms with Gasteiger partial charge >= 0.3 is 0 Å². The van der Waals surface area contributed by atoms with Crippen LogP contribution in [0.25, 0.3) is 0 Å². The monoisotopic (exact) mass is 308 g/mol. The quantitative estimate of drug-likeness (QED) is 0.791. The number of carbonyl (C=O) groups is 1. The lowest BCUT2D eigenvalue weighted by Crippen LogP contribution is -2.01. The van der Waals surface area contributed by atoms with Crippen molar-refractivity contribution in [1.29, 1.82) is 0 Å². The zero-order valence-corrected chi connectivity index (χ0v) is 11.3. The van der Waals surface area contributed by atoms with Gasteiger partial charge in [-0.1, -0.05) is 12.1 Å². The van der Waals surface area contributed by atoms with Crippen LogP contribution in [0.2, 0.25) is 0 Å². The molecular weight excluding hydrogens is 300 g/mol. The minimum Gasteiger partial charge on any atom is -0.492 e. The van der Waals surface area contributed by atoms with Gasteiger partial charge in [-0.05, 0) is 33.6 Å². The van der Waals surface area contributed by atoms with E-state index in [1.807, 2.05) is 29.6 Å². The molecule has 4 heteroatoms. The number of para-hydroxylation sites is 1. The second-order valence-electron chi connectivity index (χ2n) is 3.85. The second kappa shape index (κ2) is 4.27. The summed E-state index contributed by atoms with van der Waals surface area (Å²) in [5, 5.41) is 1.91. The number of benzene rings is 1. The molecular formula is C13H9BrO2S. The fraction of sp³-hybridized carbons (Fsp3) is 0.154. The molecule has 1 aliphatic rings. The van der Waals surface area contributed by atoms with E-state index in [2.05, 4.69) is 15.9 Å². The first-order valence-electron chi connectivity index (χ1n) is 5.29. The van der Waals surface area contributed by atoms with Crippen LogP contribution >= 0.6 is 27.3 Å². The standard InChI is InChI=1S/C13H9BrO2S/c14-9-6-11(17-7-9)12(15)10-3-1-2-8-4-5-16-13(8)10/h1-3,6-7H,4-5H2. The lowest BCUT2D eigenvalue weighted by atomic mass is 10.0. The molecule has 2 heterocycles. The van der Waals surface area contributed by atoms with E-state index < -0.39 is 0 Å². The molecule has 0 bridgehead atoms. The molecule has 1 aromatic carbocycles. The minimum absolute atomic E-state index is 0.0412. The summed E-state index contributed by atoms with van der Waals surface area (Å²) in [5.41, 5.74) is 1.81. The first-order chi connectivity index (χ1) is 8.25. The van der Waals surface area contributed by atoms with Crippen molar-refractivity contribution in [3.05, 3.63) is 50.1 Å². The molecule has 17 heavy (non-hydrogen) atoms. The first kappa shape index (κ1) is 11.0. The van der Waals surface area contributed by atoms with E-state index >= 15 is 0 Å². The Labute approximate surface area is 111 Å². The zero-order chi connectivity index (χ0) is 11.8. The molecule has 1 aromatic heterocycles. The van der Waals surface area contributed by atoms with Crippen molar-refractivity contribution in [2.75, 3.05) is 6.61 Å². The van der Waals surface area contributed by atoms with E-state index in [0.29, 0.717) is 12.2 Å². The number of hydrogen-bond acceptors (Lipinski definition) is 3. The maximum absolute atomic E-state index is 12.3. The van der Waals surface area contributed by atoms with E-state index in [9.17, 15) is 4.79 Å². The van der Waals surface area contributed by atoms with Gasteiger partial charge in [0.05, 0.1) is 17.0 Å². The summed E-state index contributed by atoms with van der Waals surface area (Å²) in [7, 11) is 0. The van der Waals surface area contributed by atoms with Crippen LogP contribution in [0.1, 0.15) is 20.8 Å². The summed E-state index contributed by atoms with van der Waals surface area (Å²) in [5.74, 6) is 0.807. The van der Waals surface area contributed by atoms with Crippen LogP contribution in [-0.2, 0) is 6.42 Å². The summed E-state index contributed by atoms with van der Waals surface area (Å²) in [4.78, 5) is 13.1. The van der Waals surface area contributed by atoms with Crippen molar-refractivity contribution in [2.45, 2.75) is 6.42 Å².